The van der Waals surface area contributed by atoms with E-state index in [1.165, 1.54) is 12.1 Å². The highest BCUT2D eigenvalue weighted by Crippen LogP contribution is 2.50. The second-order valence-electron chi connectivity index (χ2n) is 8.26. The molecule has 3 aromatic rings. The van der Waals surface area contributed by atoms with Crippen LogP contribution in [0, 0.1) is 9.39 Å². The number of benzene rings is 3. The van der Waals surface area contributed by atoms with E-state index in [1.54, 1.807) is 12.1 Å². The fraction of sp³-hybridized carbons (Fsp3) is 0.259. The maximum Gasteiger partial charge on any atom is 0.199 e. The van der Waals surface area contributed by atoms with Gasteiger partial charge >= 0.3 is 0 Å². The molecule has 1 fully saturated rings. The van der Waals surface area contributed by atoms with Crippen LogP contribution in [-0.4, -0.2) is 12.9 Å². The van der Waals surface area contributed by atoms with E-state index in [9.17, 15) is 4.39 Å². The Morgan fingerprint density at radius 3 is 2.45 bits per heavy atom. The summed E-state index contributed by atoms with van der Waals surface area (Å²) in [5, 5.41) is 0.500. The van der Waals surface area contributed by atoms with Crippen molar-refractivity contribution < 1.29 is 18.6 Å². The van der Waals surface area contributed by atoms with Crippen LogP contribution in [0.3, 0.4) is 0 Å². The van der Waals surface area contributed by atoms with Gasteiger partial charge < -0.3 is 14.2 Å². The van der Waals surface area contributed by atoms with Crippen LogP contribution in [0.15, 0.2) is 60.7 Å². The Hall–Kier alpha value is -2.09. The smallest absolute Gasteiger partial charge is 0.199 e. The highest BCUT2D eigenvalue weighted by atomic mass is 127. The Morgan fingerprint density at radius 1 is 1.00 bits per heavy atom. The van der Waals surface area contributed by atoms with Crippen molar-refractivity contribution in [2.75, 3.05) is 6.61 Å². The molecule has 5 rings (SSSR count). The van der Waals surface area contributed by atoms with Gasteiger partial charge in [-0.2, -0.15) is 0 Å². The van der Waals surface area contributed by atoms with Gasteiger partial charge in [-0.1, -0.05) is 35.9 Å². The molecule has 2 atom stereocenters. The van der Waals surface area contributed by atoms with E-state index in [-0.39, 0.29) is 18.2 Å². The second-order valence-corrected chi connectivity index (χ2v) is 9.88. The molecule has 2 unspecified atom stereocenters. The molecule has 2 aliphatic heterocycles. The number of hydrogen-bond acceptors (Lipinski definition) is 3. The third-order valence-corrected chi connectivity index (χ3v) is 7.17. The largest absolute Gasteiger partial charge is 0.480 e. The SMILES string of the molecule is CC1=C(c2ccc(F)cc2)C(c2ccc(I)cc2)Oc2ccc(OC3CCCCO3)c(Cl)c21. The summed E-state index contributed by atoms with van der Waals surface area (Å²) in [5.41, 5.74) is 4.64. The molecule has 0 aliphatic carbocycles. The maximum absolute atomic E-state index is 13.7. The topological polar surface area (TPSA) is 27.7 Å². The van der Waals surface area contributed by atoms with Gasteiger partial charge in [0.2, 0.25) is 0 Å². The van der Waals surface area contributed by atoms with Crippen molar-refractivity contribution in [3.63, 3.8) is 0 Å². The molecule has 33 heavy (non-hydrogen) atoms. The molecule has 3 aromatic carbocycles. The first-order valence-electron chi connectivity index (χ1n) is 11.0. The van der Waals surface area contributed by atoms with Crippen molar-refractivity contribution >= 4 is 45.3 Å². The van der Waals surface area contributed by atoms with Gasteiger partial charge in [-0.25, -0.2) is 4.39 Å². The number of hydrogen-bond donors (Lipinski definition) is 0. The summed E-state index contributed by atoms with van der Waals surface area (Å²) < 4.78 is 33.2. The van der Waals surface area contributed by atoms with Crippen LogP contribution in [-0.2, 0) is 4.74 Å². The summed E-state index contributed by atoms with van der Waals surface area (Å²) in [4.78, 5) is 0. The van der Waals surface area contributed by atoms with E-state index in [0.29, 0.717) is 23.1 Å². The molecule has 0 saturated carbocycles. The van der Waals surface area contributed by atoms with Gasteiger partial charge in [0, 0.05) is 21.1 Å². The van der Waals surface area contributed by atoms with Gasteiger partial charge in [-0.15, -0.1) is 0 Å². The zero-order valence-electron chi connectivity index (χ0n) is 18.1. The lowest BCUT2D eigenvalue weighted by Crippen LogP contribution is -2.25. The van der Waals surface area contributed by atoms with Crippen molar-refractivity contribution in [2.24, 2.45) is 0 Å². The lowest BCUT2D eigenvalue weighted by atomic mass is 9.86. The molecule has 170 valence electrons. The predicted octanol–water partition coefficient (Wildman–Crippen LogP) is 8.05. The minimum atomic E-state index is -0.343. The molecule has 2 heterocycles. The molecular formula is C27H23ClFIO3. The number of rotatable bonds is 4. The lowest BCUT2D eigenvalue weighted by Gasteiger charge is -2.32. The number of fused-ring (bicyclic) bond motifs is 1. The molecule has 1 saturated heterocycles. The van der Waals surface area contributed by atoms with Crippen LogP contribution in [0.2, 0.25) is 5.02 Å². The van der Waals surface area contributed by atoms with E-state index in [1.807, 2.05) is 19.1 Å². The lowest BCUT2D eigenvalue weighted by molar-refractivity contribution is -0.105. The normalized spacial score (nSPS) is 20.2. The fourth-order valence-electron chi connectivity index (χ4n) is 4.41. The average Bonchev–Trinajstić information content (AvgIpc) is 2.82. The molecule has 0 bridgehead atoms. The Balaban J connectivity index is 1.61. The molecule has 2 aliphatic rings. The van der Waals surface area contributed by atoms with E-state index >= 15 is 0 Å². The van der Waals surface area contributed by atoms with Gasteiger partial charge in [0.15, 0.2) is 6.29 Å². The van der Waals surface area contributed by atoms with E-state index in [4.69, 9.17) is 25.8 Å². The summed E-state index contributed by atoms with van der Waals surface area (Å²) >= 11 is 9.16. The Bertz CT molecular complexity index is 1190. The van der Waals surface area contributed by atoms with E-state index in [2.05, 4.69) is 46.9 Å². The molecular weight excluding hydrogens is 554 g/mol. The van der Waals surface area contributed by atoms with Crippen molar-refractivity contribution in [2.45, 2.75) is 38.6 Å². The Labute approximate surface area is 211 Å². The van der Waals surface area contributed by atoms with Crippen LogP contribution in [0.4, 0.5) is 4.39 Å². The van der Waals surface area contributed by atoms with Crippen LogP contribution < -0.4 is 9.47 Å². The molecule has 3 nitrogen and oxygen atoms in total. The van der Waals surface area contributed by atoms with Gasteiger partial charge in [0.1, 0.15) is 23.4 Å². The zero-order chi connectivity index (χ0) is 22.9. The maximum atomic E-state index is 13.7. The van der Waals surface area contributed by atoms with E-state index < -0.39 is 0 Å². The summed E-state index contributed by atoms with van der Waals surface area (Å²) in [6, 6.07) is 18.5. The summed E-state index contributed by atoms with van der Waals surface area (Å²) in [7, 11) is 0. The quantitative estimate of drug-likeness (QED) is 0.294. The molecule has 0 radical (unpaired) electrons. The molecule has 0 N–H and O–H groups in total. The second kappa shape index (κ2) is 9.65. The van der Waals surface area contributed by atoms with Gasteiger partial charge in [-0.3, -0.25) is 0 Å². The van der Waals surface area contributed by atoms with Crippen LogP contribution in [0.25, 0.3) is 11.1 Å². The zero-order valence-corrected chi connectivity index (χ0v) is 21.0. The minimum Gasteiger partial charge on any atom is -0.480 e. The predicted molar refractivity (Wildman–Crippen MR) is 137 cm³/mol. The van der Waals surface area contributed by atoms with Crippen LogP contribution >= 0.6 is 34.2 Å². The summed E-state index contributed by atoms with van der Waals surface area (Å²) in [5.74, 6) is 1.00. The third-order valence-electron chi connectivity index (χ3n) is 6.08. The van der Waals surface area contributed by atoms with Gasteiger partial charge in [0.05, 0.1) is 11.6 Å². The standard InChI is InChI=1S/C27H23ClFIO3/c1-16-24(17-5-9-19(29)10-6-17)27(18-7-11-20(30)12-8-18)33-21-13-14-22(26(28)25(16)21)32-23-4-2-3-15-31-23/h5-14,23,27H,2-4,15H2,1H3. The minimum absolute atomic E-state index is 0.277. The Morgan fingerprint density at radius 2 is 1.76 bits per heavy atom. The van der Waals surface area contributed by atoms with Crippen LogP contribution in [0.5, 0.6) is 11.5 Å². The van der Waals surface area contributed by atoms with Crippen molar-refractivity contribution in [3.8, 4) is 11.5 Å². The van der Waals surface area contributed by atoms with Gasteiger partial charge in [0.25, 0.3) is 0 Å². The van der Waals surface area contributed by atoms with Crippen molar-refractivity contribution in [1.29, 1.82) is 0 Å². The summed E-state index contributed by atoms with van der Waals surface area (Å²) in [6.07, 6.45) is 2.33. The first-order valence-corrected chi connectivity index (χ1v) is 12.5. The van der Waals surface area contributed by atoms with E-state index in [0.717, 1.165) is 50.7 Å². The van der Waals surface area contributed by atoms with Crippen molar-refractivity contribution in [3.05, 3.63) is 91.8 Å². The third kappa shape index (κ3) is 4.63. The molecule has 0 aromatic heterocycles. The fourth-order valence-corrected chi connectivity index (χ4v) is 5.11. The molecule has 0 amide bonds. The monoisotopic (exact) mass is 576 g/mol. The number of halogens is 3. The highest BCUT2D eigenvalue weighted by molar-refractivity contribution is 14.1. The average molecular weight is 577 g/mol. The number of allylic oxidation sites excluding steroid dienone is 1. The van der Waals surface area contributed by atoms with Crippen molar-refractivity contribution in [1.82, 2.24) is 0 Å². The molecule has 0 spiro atoms. The number of ether oxygens (including phenoxy) is 3. The first-order chi connectivity index (χ1) is 16.0. The summed E-state index contributed by atoms with van der Waals surface area (Å²) in [6.45, 7) is 2.73. The molecule has 6 heteroatoms. The highest BCUT2D eigenvalue weighted by Gasteiger charge is 2.32. The van der Waals surface area contributed by atoms with Gasteiger partial charge in [-0.05, 0) is 95.5 Å². The first kappa shape index (κ1) is 22.7. The Kier molecular flexibility index (Phi) is 6.63. The van der Waals surface area contributed by atoms with Crippen LogP contribution in [0.1, 0.15) is 49.0 Å².